The minimum absolute atomic E-state index is 0.0648. The molecule has 3 rings (SSSR count). The highest BCUT2D eigenvalue weighted by molar-refractivity contribution is 5.32. The van der Waals surface area contributed by atoms with Crippen molar-refractivity contribution < 1.29 is 24.2 Å². The average Bonchev–Trinajstić information content (AvgIpc) is 3.29. The summed E-state index contributed by atoms with van der Waals surface area (Å²) >= 11 is 0. The summed E-state index contributed by atoms with van der Waals surface area (Å²) in [7, 11) is 3.50. The van der Waals surface area contributed by atoms with E-state index >= 15 is 0 Å². The quantitative estimate of drug-likeness (QED) is 0.577. The van der Waals surface area contributed by atoms with Crippen LogP contribution in [-0.4, -0.2) is 60.2 Å². The number of methoxy groups -OCH3 is 1. The standard InChI is InChI=1S/C8H10O.C5H9N3O.C4H9NO.CH2O2/c1-7-3-5-8(9-2)6-4-7;1-4-7-8-5(9-4)3-6-2;6-4-1-2-5-3-4;2-1-3/h3-6H,1-2H3;6H,3H2,1-2H3;4-6H,1-3H2;1H,(H,2,3). The van der Waals surface area contributed by atoms with Gasteiger partial charge >= 0.3 is 0 Å². The van der Waals surface area contributed by atoms with Gasteiger partial charge < -0.3 is 30.0 Å². The molecule has 0 spiro atoms. The van der Waals surface area contributed by atoms with Crippen molar-refractivity contribution in [2.45, 2.75) is 32.9 Å². The number of hydrogen-bond donors (Lipinski definition) is 4. The second-order valence-electron chi connectivity index (χ2n) is 5.51. The number of aliphatic hydroxyl groups excluding tert-OH is 1. The second kappa shape index (κ2) is 15.7. The van der Waals surface area contributed by atoms with E-state index in [0.29, 0.717) is 18.3 Å². The maximum Gasteiger partial charge on any atom is 0.290 e. The van der Waals surface area contributed by atoms with Gasteiger partial charge in [0.05, 0.1) is 19.8 Å². The lowest BCUT2D eigenvalue weighted by molar-refractivity contribution is -0.122. The van der Waals surface area contributed by atoms with Crippen LogP contribution in [0.4, 0.5) is 0 Å². The van der Waals surface area contributed by atoms with E-state index in [-0.39, 0.29) is 12.6 Å². The first-order chi connectivity index (χ1) is 13.0. The normalized spacial score (nSPS) is 14.5. The molecular weight excluding hydrogens is 352 g/mol. The number of aromatic nitrogens is 2. The van der Waals surface area contributed by atoms with E-state index in [2.05, 4.69) is 27.8 Å². The topological polar surface area (TPSA) is 130 Å². The fourth-order valence-electron chi connectivity index (χ4n) is 1.87. The zero-order valence-corrected chi connectivity index (χ0v) is 16.3. The highest BCUT2D eigenvalue weighted by Gasteiger charge is 2.08. The van der Waals surface area contributed by atoms with Crippen molar-refractivity contribution in [2.24, 2.45) is 0 Å². The Kier molecular flexibility index (Phi) is 14.3. The molecule has 1 aliphatic heterocycles. The number of β-amino-alcohol motifs (C(OH)–C–C–N with tert-alkyl or cyclic N) is 1. The third-order valence-electron chi connectivity index (χ3n) is 3.19. The molecule has 9 heteroatoms. The molecule has 1 atom stereocenters. The average molecular weight is 382 g/mol. The van der Waals surface area contributed by atoms with Gasteiger partial charge in [-0.2, -0.15) is 0 Å². The number of benzene rings is 1. The van der Waals surface area contributed by atoms with Crippen molar-refractivity contribution in [3.8, 4) is 5.75 Å². The number of nitrogens with one attached hydrogen (secondary N) is 2. The fraction of sp³-hybridized carbons (Fsp3) is 0.500. The van der Waals surface area contributed by atoms with Crippen molar-refractivity contribution in [1.29, 1.82) is 0 Å². The number of rotatable bonds is 3. The van der Waals surface area contributed by atoms with Crippen molar-refractivity contribution in [3.63, 3.8) is 0 Å². The van der Waals surface area contributed by atoms with Crippen LogP contribution in [-0.2, 0) is 11.3 Å². The summed E-state index contributed by atoms with van der Waals surface area (Å²) in [5.74, 6) is 2.16. The molecule has 1 aromatic heterocycles. The number of carbonyl (C=O) groups is 1. The van der Waals surface area contributed by atoms with Crippen LogP contribution in [0.2, 0.25) is 0 Å². The molecule has 0 amide bonds. The molecule has 4 N–H and O–H groups in total. The van der Waals surface area contributed by atoms with Gasteiger partial charge in [0, 0.05) is 13.5 Å². The van der Waals surface area contributed by atoms with Gasteiger partial charge in [-0.05, 0) is 39.1 Å². The Bertz CT molecular complexity index is 598. The summed E-state index contributed by atoms with van der Waals surface area (Å²) < 4.78 is 10.0. The number of aliphatic hydroxyl groups is 1. The van der Waals surface area contributed by atoms with Gasteiger partial charge in [-0.25, -0.2) is 0 Å². The number of nitrogens with zero attached hydrogens (tertiary/aromatic N) is 2. The van der Waals surface area contributed by atoms with Gasteiger partial charge in [-0.1, -0.05) is 17.7 Å². The van der Waals surface area contributed by atoms with Crippen LogP contribution in [0, 0.1) is 13.8 Å². The Balaban J connectivity index is 0.000000356. The van der Waals surface area contributed by atoms with Gasteiger partial charge in [0.15, 0.2) is 0 Å². The summed E-state index contributed by atoms with van der Waals surface area (Å²) in [5.41, 5.74) is 1.26. The number of aryl methyl sites for hydroxylation is 2. The number of ether oxygens (including phenoxy) is 1. The van der Waals surface area contributed by atoms with Crippen LogP contribution < -0.4 is 15.4 Å². The van der Waals surface area contributed by atoms with E-state index in [1.54, 1.807) is 14.0 Å². The van der Waals surface area contributed by atoms with Crippen LogP contribution >= 0.6 is 0 Å². The predicted octanol–water partition coefficient (Wildman–Crippen LogP) is 1.14. The van der Waals surface area contributed by atoms with E-state index in [0.717, 1.165) is 25.3 Å². The highest BCUT2D eigenvalue weighted by atomic mass is 16.5. The smallest absolute Gasteiger partial charge is 0.290 e. The fourth-order valence-corrected chi connectivity index (χ4v) is 1.87. The molecule has 2 aromatic rings. The first-order valence-corrected chi connectivity index (χ1v) is 8.47. The lowest BCUT2D eigenvalue weighted by Gasteiger charge is -1.97. The van der Waals surface area contributed by atoms with Crippen LogP contribution in [0.1, 0.15) is 23.8 Å². The second-order valence-corrected chi connectivity index (χ2v) is 5.51. The molecule has 1 aromatic carbocycles. The van der Waals surface area contributed by atoms with E-state index in [9.17, 15) is 0 Å². The summed E-state index contributed by atoms with van der Waals surface area (Å²) in [5, 5.41) is 28.9. The highest BCUT2D eigenvalue weighted by Crippen LogP contribution is 2.09. The zero-order chi connectivity index (χ0) is 20.5. The molecule has 0 bridgehead atoms. The maximum absolute atomic E-state index is 8.67. The molecule has 0 aliphatic carbocycles. The lowest BCUT2D eigenvalue weighted by Crippen LogP contribution is -2.11. The van der Waals surface area contributed by atoms with Crippen LogP contribution in [0.25, 0.3) is 0 Å². The molecule has 0 saturated carbocycles. The lowest BCUT2D eigenvalue weighted by atomic mass is 10.2. The van der Waals surface area contributed by atoms with E-state index in [1.807, 2.05) is 31.3 Å². The molecule has 1 unspecified atom stereocenters. The summed E-state index contributed by atoms with van der Waals surface area (Å²) in [4.78, 5) is 8.36. The van der Waals surface area contributed by atoms with Crippen molar-refractivity contribution in [2.75, 3.05) is 27.2 Å². The van der Waals surface area contributed by atoms with Gasteiger partial charge in [-0.3, -0.25) is 4.79 Å². The summed E-state index contributed by atoms with van der Waals surface area (Å²) in [6.07, 6.45) is 0.866. The summed E-state index contributed by atoms with van der Waals surface area (Å²) in [6, 6.07) is 7.96. The van der Waals surface area contributed by atoms with Gasteiger partial charge in [0.2, 0.25) is 11.8 Å². The van der Waals surface area contributed by atoms with Crippen molar-refractivity contribution >= 4 is 6.47 Å². The van der Waals surface area contributed by atoms with Gasteiger partial charge in [-0.15, -0.1) is 10.2 Å². The molecule has 1 aliphatic rings. The van der Waals surface area contributed by atoms with Crippen molar-refractivity contribution in [3.05, 3.63) is 41.6 Å². The molecule has 27 heavy (non-hydrogen) atoms. The van der Waals surface area contributed by atoms with Crippen LogP contribution in [0.5, 0.6) is 5.75 Å². The molecule has 1 saturated heterocycles. The minimum atomic E-state index is -0.250. The monoisotopic (exact) mass is 382 g/mol. The molecule has 2 heterocycles. The van der Waals surface area contributed by atoms with Gasteiger partial charge in [0.1, 0.15) is 5.75 Å². The number of hydrogen-bond acceptors (Lipinski definition) is 8. The Morgan fingerprint density at radius 2 is 1.96 bits per heavy atom. The molecule has 0 radical (unpaired) electrons. The maximum atomic E-state index is 8.67. The molecule has 9 nitrogen and oxygen atoms in total. The molecular formula is C18H30N4O5. The Morgan fingerprint density at radius 1 is 1.33 bits per heavy atom. The number of carboxylic acid groups (broad SMARTS) is 1. The third-order valence-corrected chi connectivity index (χ3v) is 3.19. The molecule has 1 fully saturated rings. The predicted molar refractivity (Wildman–Crippen MR) is 102 cm³/mol. The van der Waals surface area contributed by atoms with E-state index in [1.165, 1.54) is 5.56 Å². The van der Waals surface area contributed by atoms with E-state index < -0.39 is 0 Å². The zero-order valence-electron chi connectivity index (χ0n) is 16.3. The Morgan fingerprint density at radius 3 is 2.30 bits per heavy atom. The Hall–Kier alpha value is -2.49. The van der Waals surface area contributed by atoms with Gasteiger partial charge in [0.25, 0.3) is 6.47 Å². The third kappa shape index (κ3) is 13.4. The molecule has 152 valence electrons. The summed E-state index contributed by atoms with van der Waals surface area (Å²) in [6.45, 7) is 5.99. The van der Waals surface area contributed by atoms with Crippen LogP contribution in [0.3, 0.4) is 0 Å². The first kappa shape index (κ1) is 24.5. The first-order valence-electron chi connectivity index (χ1n) is 8.47. The van der Waals surface area contributed by atoms with Crippen LogP contribution in [0.15, 0.2) is 28.7 Å². The Labute approximate surface area is 159 Å². The largest absolute Gasteiger partial charge is 0.497 e. The van der Waals surface area contributed by atoms with E-state index in [4.69, 9.17) is 24.2 Å². The van der Waals surface area contributed by atoms with Crippen molar-refractivity contribution in [1.82, 2.24) is 20.8 Å². The SMILES string of the molecule is CNCc1nnc(C)o1.COc1ccc(C)cc1.O=CO.OC1CCNC1. The minimum Gasteiger partial charge on any atom is -0.497 e.